The van der Waals surface area contributed by atoms with Crippen LogP contribution in [0.25, 0.3) is 0 Å². The molecule has 2 amide bonds. The highest BCUT2D eigenvalue weighted by atomic mass is 35.5. The quantitative estimate of drug-likeness (QED) is 0.423. The Kier molecular flexibility index (Phi) is 9.30. The molecule has 0 aliphatic rings. The maximum absolute atomic E-state index is 12.6. The van der Waals surface area contributed by atoms with Crippen molar-refractivity contribution in [1.29, 1.82) is 0 Å². The third kappa shape index (κ3) is 7.44. The minimum atomic E-state index is -1.42. The zero-order valence-corrected chi connectivity index (χ0v) is 18.3. The van der Waals surface area contributed by atoms with Crippen LogP contribution < -0.4 is 15.4 Å². The fraction of sp³-hybridized carbons (Fsp3) is 0.318. The van der Waals surface area contributed by atoms with Crippen LogP contribution >= 0.6 is 11.6 Å². The van der Waals surface area contributed by atoms with Crippen LogP contribution in [-0.2, 0) is 27.4 Å². The van der Waals surface area contributed by atoms with Crippen LogP contribution in [0.4, 0.5) is 4.79 Å². The molecule has 32 heavy (non-hydrogen) atoms. The lowest BCUT2D eigenvalue weighted by Gasteiger charge is -2.23. The van der Waals surface area contributed by atoms with E-state index < -0.39 is 36.2 Å². The summed E-state index contributed by atoms with van der Waals surface area (Å²) < 4.78 is 10.1. The predicted octanol–water partition coefficient (Wildman–Crippen LogP) is 2.14. The first-order valence-corrected chi connectivity index (χ1v) is 10.1. The Balaban J connectivity index is 2.01. The summed E-state index contributed by atoms with van der Waals surface area (Å²) in [5.41, 5.74) is 1.29. The van der Waals surface area contributed by atoms with Crippen molar-refractivity contribution in [2.75, 3.05) is 7.11 Å². The number of amides is 2. The average Bonchev–Trinajstić information content (AvgIpc) is 2.76. The second-order valence-electron chi connectivity index (χ2n) is 7.00. The second-order valence-corrected chi connectivity index (χ2v) is 7.40. The molecule has 0 aromatic heterocycles. The van der Waals surface area contributed by atoms with E-state index in [2.05, 4.69) is 10.6 Å². The number of carboxylic acid groups (broad SMARTS) is 1. The Morgan fingerprint density at radius 3 is 2.31 bits per heavy atom. The van der Waals surface area contributed by atoms with Gasteiger partial charge in [0.1, 0.15) is 24.4 Å². The average molecular weight is 465 g/mol. The SMILES string of the molecule is COc1ccc(C[C@@H](NC(=O)[C@@H](NC(=O)OCc2ccccc2)[C@@H](C)O)C(=O)O)cc1Cl. The molecule has 4 N–H and O–H groups in total. The summed E-state index contributed by atoms with van der Waals surface area (Å²) in [5.74, 6) is -1.73. The summed E-state index contributed by atoms with van der Waals surface area (Å²) in [5, 5.41) is 24.4. The van der Waals surface area contributed by atoms with Crippen LogP contribution in [0, 0.1) is 0 Å². The number of hydrogen-bond donors (Lipinski definition) is 4. The topological polar surface area (TPSA) is 134 Å². The van der Waals surface area contributed by atoms with Gasteiger partial charge in [0.05, 0.1) is 18.2 Å². The first-order chi connectivity index (χ1) is 15.2. The Hall–Kier alpha value is -3.30. The number of hydrogen-bond acceptors (Lipinski definition) is 6. The molecule has 0 aliphatic heterocycles. The van der Waals surface area contributed by atoms with E-state index >= 15 is 0 Å². The Labute approximate surface area is 190 Å². The maximum Gasteiger partial charge on any atom is 0.408 e. The monoisotopic (exact) mass is 464 g/mol. The van der Waals surface area contributed by atoms with Gasteiger partial charge in [0.2, 0.25) is 5.91 Å². The van der Waals surface area contributed by atoms with Gasteiger partial charge in [0, 0.05) is 6.42 Å². The number of alkyl carbamates (subject to hydrolysis) is 1. The number of carbonyl (C=O) groups is 3. The van der Waals surface area contributed by atoms with Crippen molar-refractivity contribution in [3.8, 4) is 5.75 Å². The summed E-state index contributed by atoms with van der Waals surface area (Å²) >= 11 is 6.07. The van der Waals surface area contributed by atoms with Gasteiger partial charge in [-0.2, -0.15) is 0 Å². The maximum atomic E-state index is 12.6. The second kappa shape index (κ2) is 11.9. The molecule has 2 aromatic rings. The lowest BCUT2D eigenvalue weighted by molar-refractivity contribution is -0.142. The predicted molar refractivity (Wildman–Crippen MR) is 117 cm³/mol. The van der Waals surface area contributed by atoms with Gasteiger partial charge >= 0.3 is 12.1 Å². The fourth-order valence-corrected chi connectivity index (χ4v) is 3.11. The molecule has 0 radical (unpaired) electrons. The van der Waals surface area contributed by atoms with Crippen molar-refractivity contribution in [2.24, 2.45) is 0 Å². The lowest BCUT2D eigenvalue weighted by atomic mass is 10.0. The number of aliphatic hydroxyl groups is 1. The number of rotatable bonds is 10. The molecule has 2 aromatic carbocycles. The van der Waals surface area contributed by atoms with Crippen LogP contribution in [0.5, 0.6) is 5.75 Å². The van der Waals surface area contributed by atoms with E-state index in [-0.39, 0.29) is 13.0 Å². The van der Waals surface area contributed by atoms with Gasteiger partial charge < -0.3 is 30.3 Å². The molecule has 3 atom stereocenters. The van der Waals surface area contributed by atoms with Gasteiger partial charge in [-0.1, -0.05) is 48.0 Å². The van der Waals surface area contributed by atoms with E-state index in [0.717, 1.165) is 5.56 Å². The van der Waals surface area contributed by atoms with E-state index in [0.29, 0.717) is 16.3 Å². The van der Waals surface area contributed by atoms with Crippen molar-refractivity contribution in [1.82, 2.24) is 10.6 Å². The Morgan fingerprint density at radius 2 is 1.75 bits per heavy atom. The zero-order valence-electron chi connectivity index (χ0n) is 17.6. The number of aliphatic carboxylic acids is 1. The van der Waals surface area contributed by atoms with Crippen molar-refractivity contribution in [3.05, 3.63) is 64.7 Å². The van der Waals surface area contributed by atoms with E-state index in [4.69, 9.17) is 21.1 Å². The van der Waals surface area contributed by atoms with Crippen LogP contribution in [0.3, 0.4) is 0 Å². The first kappa shape index (κ1) is 25.0. The number of methoxy groups -OCH3 is 1. The fourth-order valence-electron chi connectivity index (χ4n) is 2.83. The third-order valence-corrected chi connectivity index (χ3v) is 4.82. The molecule has 2 rings (SSSR count). The largest absolute Gasteiger partial charge is 0.495 e. The summed E-state index contributed by atoms with van der Waals surface area (Å²) in [6.07, 6.45) is -2.30. The minimum absolute atomic E-state index is 0.0310. The molecule has 0 saturated heterocycles. The van der Waals surface area contributed by atoms with Gasteiger partial charge in [-0.05, 0) is 30.2 Å². The Bertz CT molecular complexity index is 937. The molecule has 0 aliphatic carbocycles. The zero-order chi connectivity index (χ0) is 23.7. The number of nitrogens with one attached hydrogen (secondary N) is 2. The van der Waals surface area contributed by atoms with Gasteiger partial charge in [0.25, 0.3) is 0 Å². The molecular weight excluding hydrogens is 440 g/mol. The molecule has 0 bridgehead atoms. The molecule has 0 unspecified atom stereocenters. The number of halogens is 1. The smallest absolute Gasteiger partial charge is 0.408 e. The number of aliphatic hydroxyl groups excluding tert-OH is 1. The van der Waals surface area contributed by atoms with Crippen molar-refractivity contribution in [3.63, 3.8) is 0 Å². The standard InChI is InChI=1S/C22H25ClN2O7/c1-13(26)19(25-22(30)32-12-14-6-4-3-5-7-14)20(27)24-17(21(28)29)11-15-8-9-18(31-2)16(23)10-15/h3-10,13,17,19,26H,11-12H2,1-2H3,(H,24,27)(H,25,30)(H,28,29)/t13-,17-,19+/m1/s1. The van der Waals surface area contributed by atoms with E-state index in [1.165, 1.54) is 20.1 Å². The number of carboxylic acids is 1. The van der Waals surface area contributed by atoms with Gasteiger partial charge in [-0.25, -0.2) is 9.59 Å². The van der Waals surface area contributed by atoms with Crippen molar-refractivity contribution < 1.29 is 34.1 Å². The summed E-state index contributed by atoms with van der Waals surface area (Å²) in [4.78, 5) is 36.4. The molecular formula is C22H25ClN2O7. The summed E-state index contributed by atoms with van der Waals surface area (Å²) in [7, 11) is 1.45. The number of ether oxygens (including phenoxy) is 2. The summed E-state index contributed by atoms with van der Waals surface area (Å²) in [6.45, 7) is 1.26. The normalized spacial score (nSPS) is 13.4. The molecule has 0 heterocycles. The van der Waals surface area contributed by atoms with E-state index in [1.807, 2.05) is 6.07 Å². The Morgan fingerprint density at radius 1 is 1.06 bits per heavy atom. The highest BCUT2D eigenvalue weighted by molar-refractivity contribution is 6.32. The number of carbonyl (C=O) groups excluding carboxylic acids is 2. The highest BCUT2D eigenvalue weighted by Crippen LogP contribution is 2.25. The van der Waals surface area contributed by atoms with Gasteiger partial charge in [-0.15, -0.1) is 0 Å². The van der Waals surface area contributed by atoms with Crippen LogP contribution in [0.15, 0.2) is 48.5 Å². The highest BCUT2D eigenvalue weighted by Gasteiger charge is 2.30. The molecule has 0 saturated carbocycles. The summed E-state index contributed by atoms with van der Waals surface area (Å²) in [6, 6.07) is 10.9. The van der Waals surface area contributed by atoms with Crippen LogP contribution in [-0.4, -0.2) is 53.5 Å². The molecule has 0 fully saturated rings. The minimum Gasteiger partial charge on any atom is -0.495 e. The molecule has 0 spiro atoms. The van der Waals surface area contributed by atoms with Crippen LogP contribution in [0.2, 0.25) is 5.02 Å². The van der Waals surface area contributed by atoms with Crippen molar-refractivity contribution in [2.45, 2.75) is 38.1 Å². The number of benzene rings is 2. The van der Waals surface area contributed by atoms with Gasteiger partial charge in [-0.3, -0.25) is 4.79 Å². The molecule has 172 valence electrons. The van der Waals surface area contributed by atoms with E-state index in [9.17, 15) is 24.6 Å². The van der Waals surface area contributed by atoms with Crippen molar-refractivity contribution >= 4 is 29.6 Å². The lowest BCUT2D eigenvalue weighted by Crippen LogP contribution is -2.56. The molecule has 10 heteroatoms. The van der Waals surface area contributed by atoms with Crippen LogP contribution in [0.1, 0.15) is 18.1 Å². The third-order valence-electron chi connectivity index (χ3n) is 4.52. The first-order valence-electron chi connectivity index (χ1n) is 9.72. The molecule has 9 nitrogen and oxygen atoms in total. The van der Waals surface area contributed by atoms with Gasteiger partial charge in [0.15, 0.2) is 0 Å². The van der Waals surface area contributed by atoms with E-state index in [1.54, 1.807) is 36.4 Å².